The summed E-state index contributed by atoms with van der Waals surface area (Å²) in [6.45, 7) is 11.5. The number of rotatable bonds is 9. The largest absolute Gasteiger partial charge is 0.312 e. The van der Waals surface area contributed by atoms with Gasteiger partial charge in [0.15, 0.2) is 0 Å². The second-order valence-electron chi connectivity index (χ2n) is 11.2. The van der Waals surface area contributed by atoms with Crippen LogP contribution in [0.15, 0.2) is 42.5 Å². The molecule has 0 aromatic heterocycles. The van der Waals surface area contributed by atoms with Crippen molar-refractivity contribution < 1.29 is 9.59 Å². The van der Waals surface area contributed by atoms with Crippen molar-refractivity contribution in [2.45, 2.75) is 78.7 Å². The molecule has 1 N–H and O–H groups in total. The van der Waals surface area contributed by atoms with Gasteiger partial charge in [-0.3, -0.25) is 9.59 Å². The Bertz CT molecular complexity index is 916. The molecule has 1 aliphatic rings. The van der Waals surface area contributed by atoms with E-state index in [0.717, 1.165) is 37.8 Å². The van der Waals surface area contributed by atoms with Crippen LogP contribution in [0.5, 0.6) is 0 Å². The molecular weight excluding hydrogens is 394 g/mol. The van der Waals surface area contributed by atoms with Crippen LogP contribution in [0.1, 0.15) is 72.3 Å². The van der Waals surface area contributed by atoms with E-state index in [-0.39, 0.29) is 29.1 Å². The van der Waals surface area contributed by atoms with E-state index in [0.29, 0.717) is 24.5 Å². The molecule has 0 saturated heterocycles. The van der Waals surface area contributed by atoms with E-state index < -0.39 is 0 Å². The first-order valence-corrected chi connectivity index (χ1v) is 12.4. The van der Waals surface area contributed by atoms with Gasteiger partial charge in [-0.2, -0.15) is 0 Å². The van der Waals surface area contributed by atoms with Gasteiger partial charge in [0.05, 0.1) is 0 Å². The fourth-order valence-corrected chi connectivity index (χ4v) is 4.94. The van der Waals surface area contributed by atoms with E-state index in [1.807, 2.05) is 26.0 Å². The Kier molecular flexibility index (Phi) is 8.27. The molecule has 32 heavy (non-hydrogen) atoms. The standard InChI is InChI=1S/C29H41NO2/c1-20(2)28(32)26(17-22-12-13-23-8-6-7-9-25(23)16-22)18-27(31)24-14-10-21(11-15-24)19-30-29(3,4)5/h6-9,12-13,16,20-21,24,26,30H,10-11,14-15,17-19H2,1-5H3. The number of Topliss-reactive ketones (excluding diaryl/α,β-unsaturated/α-hetero) is 2. The summed E-state index contributed by atoms with van der Waals surface area (Å²) in [4.78, 5) is 26.2. The van der Waals surface area contributed by atoms with Crippen LogP contribution in [0, 0.1) is 23.7 Å². The van der Waals surface area contributed by atoms with Gasteiger partial charge in [0.1, 0.15) is 11.6 Å². The summed E-state index contributed by atoms with van der Waals surface area (Å²) in [5.74, 6) is 1.03. The molecular formula is C29H41NO2. The second kappa shape index (κ2) is 10.7. The number of hydrogen-bond donors (Lipinski definition) is 1. The van der Waals surface area contributed by atoms with Gasteiger partial charge in [-0.05, 0) is 81.7 Å². The van der Waals surface area contributed by atoms with Gasteiger partial charge in [0, 0.05) is 29.7 Å². The minimum absolute atomic E-state index is 0.0486. The lowest BCUT2D eigenvalue weighted by Gasteiger charge is -2.31. The highest BCUT2D eigenvalue weighted by Crippen LogP contribution is 2.32. The lowest BCUT2D eigenvalue weighted by molar-refractivity contribution is -0.132. The van der Waals surface area contributed by atoms with E-state index >= 15 is 0 Å². The topological polar surface area (TPSA) is 46.2 Å². The van der Waals surface area contributed by atoms with Crippen LogP contribution in [0.3, 0.4) is 0 Å². The zero-order valence-electron chi connectivity index (χ0n) is 20.6. The number of carbonyl (C=O) groups excluding carboxylic acids is 2. The van der Waals surface area contributed by atoms with E-state index in [9.17, 15) is 9.59 Å². The lowest BCUT2D eigenvalue weighted by atomic mass is 9.76. The molecule has 0 spiro atoms. The smallest absolute Gasteiger partial charge is 0.139 e. The monoisotopic (exact) mass is 435 g/mol. The summed E-state index contributed by atoms with van der Waals surface area (Å²) in [7, 11) is 0. The maximum atomic E-state index is 13.2. The van der Waals surface area contributed by atoms with E-state index in [2.05, 4.69) is 56.4 Å². The van der Waals surface area contributed by atoms with Crippen LogP contribution in [0.2, 0.25) is 0 Å². The third-order valence-electron chi connectivity index (χ3n) is 6.94. The van der Waals surface area contributed by atoms with Gasteiger partial charge in [-0.15, -0.1) is 0 Å². The molecule has 3 heteroatoms. The molecule has 174 valence electrons. The molecule has 1 unspecified atom stereocenters. The summed E-state index contributed by atoms with van der Waals surface area (Å²) in [6.07, 6.45) is 5.18. The Hall–Kier alpha value is -2.00. The van der Waals surface area contributed by atoms with Crippen LogP contribution in [-0.4, -0.2) is 23.7 Å². The molecule has 2 aromatic rings. The van der Waals surface area contributed by atoms with Crippen molar-refractivity contribution in [2.24, 2.45) is 23.7 Å². The fraction of sp³-hybridized carbons (Fsp3) is 0.586. The van der Waals surface area contributed by atoms with Crippen LogP contribution >= 0.6 is 0 Å². The van der Waals surface area contributed by atoms with Crippen molar-refractivity contribution >= 4 is 22.3 Å². The SMILES string of the molecule is CC(C)C(=O)C(CC(=O)C1CCC(CNC(C)(C)C)CC1)Cc1ccc2ccccc2c1. The highest BCUT2D eigenvalue weighted by molar-refractivity contribution is 5.90. The first-order chi connectivity index (χ1) is 15.1. The van der Waals surface area contributed by atoms with Crippen molar-refractivity contribution in [3.63, 3.8) is 0 Å². The molecule has 0 radical (unpaired) electrons. The highest BCUT2D eigenvalue weighted by atomic mass is 16.1. The minimum Gasteiger partial charge on any atom is -0.312 e. The van der Waals surface area contributed by atoms with Crippen molar-refractivity contribution in [1.29, 1.82) is 0 Å². The normalized spacial score (nSPS) is 20.4. The molecule has 0 bridgehead atoms. The predicted molar refractivity (Wildman–Crippen MR) is 134 cm³/mol. The van der Waals surface area contributed by atoms with Crippen molar-refractivity contribution in [3.8, 4) is 0 Å². The second-order valence-corrected chi connectivity index (χ2v) is 11.2. The molecule has 1 atom stereocenters. The molecule has 1 aliphatic carbocycles. The number of nitrogens with one attached hydrogen (secondary N) is 1. The molecule has 0 heterocycles. The van der Waals surface area contributed by atoms with E-state index in [1.54, 1.807) is 0 Å². The first-order valence-electron chi connectivity index (χ1n) is 12.4. The molecule has 1 saturated carbocycles. The summed E-state index contributed by atoms with van der Waals surface area (Å²) >= 11 is 0. The summed E-state index contributed by atoms with van der Waals surface area (Å²) < 4.78 is 0. The average molecular weight is 436 g/mol. The molecule has 2 aromatic carbocycles. The van der Waals surface area contributed by atoms with Crippen LogP contribution in [0.4, 0.5) is 0 Å². The maximum absolute atomic E-state index is 13.2. The molecule has 0 amide bonds. The van der Waals surface area contributed by atoms with Gasteiger partial charge in [0.25, 0.3) is 0 Å². The van der Waals surface area contributed by atoms with Crippen molar-refractivity contribution in [3.05, 3.63) is 48.0 Å². The molecule has 3 rings (SSSR count). The van der Waals surface area contributed by atoms with Gasteiger partial charge in [0.2, 0.25) is 0 Å². The Morgan fingerprint density at radius 3 is 2.25 bits per heavy atom. The first kappa shape index (κ1) is 24.6. The Balaban J connectivity index is 1.61. The Labute approximate surface area is 194 Å². The van der Waals surface area contributed by atoms with E-state index in [1.165, 1.54) is 10.8 Å². The van der Waals surface area contributed by atoms with Crippen molar-refractivity contribution in [1.82, 2.24) is 5.32 Å². The van der Waals surface area contributed by atoms with E-state index in [4.69, 9.17) is 0 Å². The number of fused-ring (bicyclic) bond motifs is 1. The van der Waals surface area contributed by atoms with Crippen molar-refractivity contribution in [2.75, 3.05) is 6.54 Å². The third-order valence-corrected chi connectivity index (χ3v) is 6.94. The molecule has 3 nitrogen and oxygen atoms in total. The third kappa shape index (κ3) is 7.00. The number of hydrogen-bond acceptors (Lipinski definition) is 3. The van der Waals surface area contributed by atoms with Crippen LogP contribution < -0.4 is 5.32 Å². The van der Waals surface area contributed by atoms with Gasteiger partial charge in [-0.25, -0.2) is 0 Å². The Morgan fingerprint density at radius 1 is 0.969 bits per heavy atom. The van der Waals surface area contributed by atoms with Gasteiger partial charge in [-0.1, -0.05) is 56.3 Å². The van der Waals surface area contributed by atoms with Crippen LogP contribution in [0.25, 0.3) is 10.8 Å². The summed E-state index contributed by atoms with van der Waals surface area (Å²) in [5.41, 5.74) is 1.28. The highest BCUT2D eigenvalue weighted by Gasteiger charge is 2.31. The van der Waals surface area contributed by atoms with Crippen LogP contribution in [-0.2, 0) is 16.0 Å². The fourth-order valence-electron chi connectivity index (χ4n) is 4.94. The number of carbonyl (C=O) groups is 2. The summed E-state index contributed by atoms with van der Waals surface area (Å²) in [5, 5.41) is 6.00. The predicted octanol–water partition coefficient (Wildman–Crippen LogP) is 6.38. The number of benzene rings is 2. The lowest BCUT2D eigenvalue weighted by Crippen LogP contribution is -2.40. The zero-order valence-corrected chi connectivity index (χ0v) is 20.6. The average Bonchev–Trinajstić information content (AvgIpc) is 2.76. The zero-order chi connectivity index (χ0) is 23.3. The molecule has 0 aliphatic heterocycles. The quantitative estimate of drug-likeness (QED) is 0.497. The minimum atomic E-state index is -0.219. The number of ketones is 2. The van der Waals surface area contributed by atoms with Gasteiger partial charge < -0.3 is 5.32 Å². The molecule has 1 fully saturated rings. The Morgan fingerprint density at radius 2 is 1.62 bits per heavy atom. The summed E-state index contributed by atoms with van der Waals surface area (Å²) in [6, 6.07) is 14.7. The van der Waals surface area contributed by atoms with Gasteiger partial charge >= 0.3 is 0 Å². The maximum Gasteiger partial charge on any atom is 0.139 e.